The van der Waals surface area contributed by atoms with Gasteiger partial charge in [-0.15, -0.1) is 11.3 Å². The van der Waals surface area contributed by atoms with Crippen LogP contribution in [0.25, 0.3) is 0 Å². The second-order valence-corrected chi connectivity index (χ2v) is 4.46. The monoisotopic (exact) mass is 222 g/mol. The smallest absolute Gasteiger partial charge is 0.0946 e. The van der Waals surface area contributed by atoms with E-state index in [2.05, 4.69) is 27.9 Å². The number of aryl methyl sites for hydroxylation is 1. The zero-order valence-electron chi connectivity index (χ0n) is 8.55. The first-order valence-corrected chi connectivity index (χ1v) is 5.64. The number of thiophene rings is 1. The summed E-state index contributed by atoms with van der Waals surface area (Å²) in [5.41, 5.74) is 3.93. The van der Waals surface area contributed by atoms with Gasteiger partial charge >= 0.3 is 0 Å². The van der Waals surface area contributed by atoms with E-state index >= 15 is 0 Å². The van der Waals surface area contributed by atoms with E-state index in [4.69, 9.17) is 5.84 Å². The van der Waals surface area contributed by atoms with Crippen molar-refractivity contribution in [3.8, 4) is 0 Å². The van der Waals surface area contributed by atoms with E-state index in [1.54, 1.807) is 17.7 Å². The highest BCUT2D eigenvalue weighted by Gasteiger charge is 2.14. The van der Waals surface area contributed by atoms with Crippen LogP contribution in [0.15, 0.2) is 30.0 Å². The molecule has 0 radical (unpaired) electrons. The molecule has 0 saturated heterocycles. The molecule has 3 N–H and O–H groups in total. The van der Waals surface area contributed by atoms with Crippen LogP contribution < -0.4 is 11.3 Å². The molecule has 1 atom stereocenters. The Balaban J connectivity index is 2.15. The fourth-order valence-corrected chi connectivity index (χ4v) is 2.33. The molecule has 0 fully saturated rings. The maximum Gasteiger partial charge on any atom is 0.0946 e. The quantitative estimate of drug-likeness (QED) is 0.604. The van der Waals surface area contributed by atoms with Gasteiger partial charge in [-0.2, -0.15) is 0 Å². The van der Waals surface area contributed by atoms with Crippen LogP contribution in [0.2, 0.25) is 0 Å². The second kappa shape index (κ2) is 4.57. The molecule has 4 nitrogen and oxygen atoms in total. The number of hydrogen-bond donors (Lipinski definition) is 2. The normalized spacial score (nSPS) is 12.9. The molecule has 2 aromatic heterocycles. The van der Waals surface area contributed by atoms with Gasteiger partial charge < -0.3 is 4.57 Å². The molecular weight excluding hydrogens is 208 g/mol. The van der Waals surface area contributed by atoms with Crippen LogP contribution in [0.3, 0.4) is 0 Å². The van der Waals surface area contributed by atoms with Crippen LogP contribution in [0.1, 0.15) is 16.6 Å². The molecule has 0 saturated carbocycles. The zero-order valence-corrected chi connectivity index (χ0v) is 9.37. The highest BCUT2D eigenvalue weighted by Crippen LogP contribution is 2.19. The van der Waals surface area contributed by atoms with Gasteiger partial charge in [0, 0.05) is 24.5 Å². The molecule has 0 aromatic carbocycles. The summed E-state index contributed by atoms with van der Waals surface area (Å²) < 4.78 is 1.98. The first kappa shape index (κ1) is 10.4. The van der Waals surface area contributed by atoms with Gasteiger partial charge in [0.1, 0.15) is 0 Å². The minimum absolute atomic E-state index is 0.121. The van der Waals surface area contributed by atoms with E-state index in [1.807, 2.05) is 17.8 Å². The Morgan fingerprint density at radius 3 is 3.07 bits per heavy atom. The predicted octanol–water partition coefficient (Wildman–Crippen LogP) is 1.23. The average molecular weight is 222 g/mol. The molecular formula is C10H14N4S. The number of nitrogens with zero attached hydrogens (tertiary/aromatic N) is 2. The first-order chi connectivity index (χ1) is 7.31. The van der Waals surface area contributed by atoms with Crippen LogP contribution in [0, 0.1) is 0 Å². The Bertz CT molecular complexity index is 407. The van der Waals surface area contributed by atoms with Crippen molar-refractivity contribution in [2.75, 3.05) is 0 Å². The Kier molecular flexibility index (Phi) is 3.15. The van der Waals surface area contributed by atoms with Crippen LogP contribution >= 0.6 is 11.3 Å². The summed E-state index contributed by atoms with van der Waals surface area (Å²) >= 11 is 1.74. The van der Waals surface area contributed by atoms with Crippen molar-refractivity contribution in [3.05, 3.63) is 40.6 Å². The molecule has 0 bridgehead atoms. The maximum absolute atomic E-state index is 5.56. The summed E-state index contributed by atoms with van der Waals surface area (Å²) in [4.78, 5) is 5.41. The largest absolute Gasteiger partial charge is 0.336 e. The topological polar surface area (TPSA) is 55.9 Å². The van der Waals surface area contributed by atoms with Gasteiger partial charge in [0.15, 0.2) is 0 Å². The maximum atomic E-state index is 5.56. The summed E-state index contributed by atoms with van der Waals surface area (Å²) in [6.07, 6.45) is 4.53. The van der Waals surface area contributed by atoms with Crippen molar-refractivity contribution in [3.63, 3.8) is 0 Å². The van der Waals surface area contributed by atoms with Crippen molar-refractivity contribution in [1.82, 2.24) is 15.0 Å². The second-order valence-electron chi connectivity index (χ2n) is 3.43. The Hall–Kier alpha value is -1.17. The number of rotatable bonds is 4. The predicted molar refractivity (Wildman–Crippen MR) is 61.3 cm³/mol. The van der Waals surface area contributed by atoms with Crippen molar-refractivity contribution in [1.29, 1.82) is 0 Å². The molecule has 2 rings (SSSR count). The number of aromatic nitrogens is 2. The lowest BCUT2D eigenvalue weighted by molar-refractivity contribution is 0.525. The number of hydrazine groups is 1. The molecule has 0 aliphatic rings. The molecule has 80 valence electrons. The first-order valence-electron chi connectivity index (χ1n) is 4.76. The van der Waals surface area contributed by atoms with Gasteiger partial charge in [-0.05, 0) is 11.4 Å². The molecule has 15 heavy (non-hydrogen) atoms. The van der Waals surface area contributed by atoms with Crippen molar-refractivity contribution in [2.24, 2.45) is 12.9 Å². The summed E-state index contributed by atoms with van der Waals surface area (Å²) in [6.45, 7) is 0. The zero-order chi connectivity index (χ0) is 10.7. The van der Waals surface area contributed by atoms with Gasteiger partial charge in [-0.1, -0.05) is 6.07 Å². The van der Waals surface area contributed by atoms with Crippen molar-refractivity contribution in [2.45, 2.75) is 12.5 Å². The lowest BCUT2D eigenvalue weighted by Crippen LogP contribution is -2.30. The Morgan fingerprint density at radius 1 is 1.67 bits per heavy atom. The Labute approximate surface area is 92.7 Å². The average Bonchev–Trinajstić information content (AvgIpc) is 2.85. The SMILES string of the molecule is Cn1cncc1C(Cc1cccs1)NN. The third kappa shape index (κ3) is 2.26. The van der Waals surface area contributed by atoms with Gasteiger partial charge in [-0.25, -0.2) is 4.98 Å². The minimum atomic E-state index is 0.121. The fourth-order valence-electron chi connectivity index (χ4n) is 1.58. The van der Waals surface area contributed by atoms with Gasteiger partial charge in [0.05, 0.1) is 18.1 Å². The molecule has 2 heterocycles. The third-order valence-corrected chi connectivity index (χ3v) is 3.30. The van der Waals surface area contributed by atoms with Crippen molar-refractivity contribution >= 4 is 11.3 Å². The molecule has 0 aliphatic heterocycles. The number of nitrogens with two attached hydrogens (primary N) is 1. The standard InChI is InChI=1S/C10H14N4S/c1-14-7-12-6-10(14)9(13-11)5-8-3-2-4-15-8/h2-4,6-7,9,13H,5,11H2,1H3. The van der Waals surface area contributed by atoms with E-state index in [1.165, 1.54) is 4.88 Å². The lowest BCUT2D eigenvalue weighted by Gasteiger charge is -2.15. The number of hydrogen-bond acceptors (Lipinski definition) is 4. The molecule has 2 aromatic rings. The number of nitrogens with one attached hydrogen (secondary N) is 1. The van der Waals surface area contributed by atoms with Crippen molar-refractivity contribution < 1.29 is 0 Å². The van der Waals surface area contributed by atoms with E-state index in [0.29, 0.717) is 0 Å². The van der Waals surface area contributed by atoms with Crippen LogP contribution in [-0.2, 0) is 13.5 Å². The minimum Gasteiger partial charge on any atom is -0.336 e. The summed E-state index contributed by atoms with van der Waals surface area (Å²) in [7, 11) is 1.97. The number of imidazole rings is 1. The van der Waals surface area contributed by atoms with E-state index < -0.39 is 0 Å². The Morgan fingerprint density at radius 2 is 2.53 bits per heavy atom. The van der Waals surface area contributed by atoms with Gasteiger partial charge in [0.2, 0.25) is 0 Å². The van der Waals surface area contributed by atoms with E-state index in [0.717, 1.165) is 12.1 Å². The van der Waals surface area contributed by atoms with Gasteiger partial charge in [0.25, 0.3) is 0 Å². The highest BCUT2D eigenvalue weighted by atomic mass is 32.1. The van der Waals surface area contributed by atoms with E-state index in [-0.39, 0.29) is 6.04 Å². The van der Waals surface area contributed by atoms with E-state index in [9.17, 15) is 0 Å². The molecule has 0 amide bonds. The highest BCUT2D eigenvalue weighted by molar-refractivity contribution is 7.09. The molecule has 5 heteroatoms. The summed E-state index contributed by atoms with van der Waals surface area (Å²) in [5.74, 6) is 5.56. The lowest BCUT2D eigenvalue weighted by atomic mass is 10.1. The van der Waals surface area contributed by atoms with Crippen LogP contribution in [0.4, 0.5) is 0 Å². The van der Waals surface area contributed by atoms with Crippen LogP contribution in [-0.4, -0.2) is 9.55 Å². The molecule has 0 aliphatic carbocycles. The molecule has 0 spiro atoms. The van der Waals surface area contributed by atoms with Gasteiger partial charge in [-0.3, -0.25) is 11.3 Å². The summed E-state index contributed by atoms with van der Waals surface area (Å²) in [6, 6.07) is 4.29. The fraction of sp³-hybridized carbons (Fsp3) is 0.300. The molecule has 1 unspecified atom stereocenters. The van der Waals surface area contributed by atoms with Crippen LogP contribution in [0.5, 0.6) is 0 Å². The third-order valence-electron chi connectivity index (χ3n) is 2.40. The summed E-state index contributed by atoms with van der Waals surface area (Å²) in [5, 5.41) is 2.08.